The highest BCUT2D eigenvalue weighted by Gasteiger charge is 2.03. The van der Waals surface area contributed by atoms with Gasteiger partial charge in [-0.25, -0.2) is 0 Å². The predicted octanol–water partition coefficient (Wildman–Crippen LogP) is 3.44. The molecule has 0 radical (unpaired) electrons. The van der Waals surface area contributed by atoms with Crippen LogP contribution in [0.3, 0.4) is 0 Å². The van der Waals surface area contributed by atoms with Crippen molar-refractivity contribution in [3.8, 4) is 0 Å². The fourth-order valence-corrected chi connectivity index (χ4v) is 2.69. The van der Waals surface area contributed by atoms with E-state index in [4.69, 9.17) is 0 Å². The van der Waals surface area contributed by atoms with E-state index in [9.17, 15) is 0 Å². The van der Waals surface area contributed by atoms with Crippen LogP contribution in [0.2, 0.25) is 0 Å². The molecule has 1 atom stereocenters. The molecule has 0 saturated heterocycles. The third kappa shape index (κ3) is 4.58. The second kappa shape index (κ2) is 7.43. The van der Waals surface area contributed by atoms with Crippen molar-refractivity contribution in [1.29, 1.82) is 0 Å². The van der Waals surface area contributed by atoms with Crippen molar-refractivity contribution in [3.05, 3.63) is 22.4 Å². The zero-order valence-electron chi connectivity index (χ0n) is 8.63. The van der Waals surface area contributed by atoms with Crippen molar-refractivity contribution in [2.24, 2.45) is 0 Å². The summed E-state index contributed by atoms with van der Waals surface area (Å²) in [5.74, 6) is 0. The first-order valence-corrected chi connectivity index (χ1v) is 7.23. The molecule has 14 heavy (non-hydrogen) atoms. The average Bonchev–Trinajstić information content (AvgIpc) is 2.69. The monoisotopic (exact) mass is 275 g/mol. The summed E-state index contributed by atoms with van der Waals surface area (Å²) in [7, 11) is 0. The van der Waals surface area contributed by atoms with Gasteiger partial charge in [-0.3, -0.25) is 0 Å². The average molecular weight is 276 g/mol. The molecular formula is C11H18BrNS. The molecule has 1 unspecified atom stereocenters. The third-order valence-electron chi connectivity index (χ3n) is 2.38. The molecule has 0 spiro atoms. The number of alkyl halides is 1. The highest BCUT2D eigenvalue weighted by molar-refractivity contribution is 9.09. The number of hydrogen-bond acceptors (Lipinski definition) is 2. The Labute approximate surface area is 99.0 Å². The van der Waals surface area contributed by atoms with Gasteiger partial charge in [-0.2, -0.15) is 11.3 Å². The molecule has 1 rings (SSSR count). The van der Waals surface area contributed by atoms with Crippen LogP contribution in [-0.4, -0.2) is 17.9 Å². The molecule has 0 aromatic carbocycles. The Balaban J connectivity index is 2.13. The smallest absolute Gasteiger partial charge is 0.00725 e. The molecule has 0 bridgehead atoms. The van der Waals surface area contributed by atoms with Gasteiger partial charge in [-0.1, -0.05) is 22.9 Å². The van der Waals surface area contributed by atoms with Crippen LogP contribution < -0.4 is 5.32 Å². The van der Waals surface area contributed by atoms with Gasteiger partial charge in [0.25, 0.3) is 0 Å². The Kier molecular flexibility index (Phi) is 6.48. The van der Waals surface area contributed by atoms with Crippen LogP contribution in [0.4, 0.5) is 0 Å². The summed E-state index contributed by atoms with van der Waals surface area (Å²) in [6, 6.07) is 2.88. The lowest BCUT2D eigenvalue weighted by atomic mass is 10.1. The molecule has 80 valence electrons. The van der Waals surface area contributed by atoms with E-state index in [2.05, 4.69) is 45.0 Å². The van der Waals surface area contributed by atoms with Gasteiger partial charge < -0.3 is 5.32 Å². The summed E-state index contributed by atoms with van der Waals surface area (Å²) < 4.78 is 0. The quantitative estimate of drug-likeness (QED) is 0.752. The molecule has 0 fully saturated rings. The zero-order chi connectivity index (χ0) is 10.2. The second-order valence-electron chi connectivity index (χ2n) is 3.42. The van der Waals surface area contributed by atoms with E-state index in [0.717, 1.165) is 18.3 Å². The molecular weight excluding hydrogens is 258 g/mol. The minimum absolute atomic E-state index is 0.674. The van der Waals surface area contributed by atoms with E-state index in [0.29, 0.717) is 6.04 Å². The summed E-state index contributed by atoms with van der Waals surface area (Å²) in [6.07, 6.45) is 3.59. The van der Waals surface area contributed by atoms with E-state index in [1.54, 1.807) is 11.3 Å². The van der Waals surface area contributed by atoms with Crippen molar-refractivity contribution in [3.63, 3.8) is 0 Å². The Morgan fingerprint density at radius 2 is 2.43 bits per heavy atom. The lowest BCUT2D eigenvalue weighted by Crippen LogP contribution is -2.30. The molecule has 0 saturated carbocycles. The Morgan fingerprint density at radius 1 is 1.57 bits per heavy atom. The summed E-state index contributed by atoms with van der Waals surface area (Å²) in [5.41, 5.74) is 1.45. The normalized spacial score (nSPS) is 13.0. The molecule has 0 aliphatic rings. The van der Waals surface area contributed by atoms with Crippen LogP contribution in [0.1, 0.15) is 25.3 Å². The fourth-order valence-electron chi connectivity index (χ4n) is 1.44. The van der Waals surface area contributed by atoms with Crippen molar-refractivity contribution < 1.29 is 0 Å². The van der Waals surface area contributed by atoms with E-state index in [-0.39, 0.29) is 0 Å². The first kappa shape index (κ1) is 12.2. The van der Waals surface area contributed by atoms with Crippen LogP contribution in [-0.2, 0) is 6.42 Å². The standard InChI is InChI=1S/C11H18BrNS/c1-2-11(3-6-12)13-7-4-10-5-8-14-9-10/h5,8-9,11,13H,2-4,6-7H2,1H3. The summed E-state index contributed by atoms with van der Waals surface area (Å²) in [4.78, 5) is 0. The van der Waals surface area contributed by atoms with Crippen LogP contribution in [0.5, 0.6) is 0 Å². The lowest BCUT2D eigenvalue weighted by molar-refractivity contribution is 0.492. The maximum absolute atomic E-state index is 3.58. The summed E-state index contributed by atoms with van der Waals surface area (Å²) >= 11 is 5.26. The molecule has 1 aromatic rings. The molecule has 0 aliphatic heterocycles. The minimum atomic E-state index is 0.674. The second-order valence-corrected chi connectivity index (χ2v) is 4.99. The SMILES string of the molecule is CCC(CCBr)NCCc1ccsc1. The van der Waals surface area contributed by atoms with E-state index < -0.39 is 0 Å². The van der Waals surface area contributed by atoms with Crippen molar-refractivity contribution >= 4 is 27.3 Å². The maximum Gasteiger partial charge on any atom is 0.00725 e. The fraction of sp³-hybridized carbons (Fsp3) is 0.636. The maximum atomic E-state index is 3.58. The highest BCUT2D eigenvalue weighted by atomic mass is 79.9. The summed E-state index contributed by atoms with van der Waals surface area (Å²) in [5, 5.41) is 9.05. The van der Waals surface area contributed by atoms with Gasteiger partial charge in [0.2, 0.25) is 0 Å². The van der Waals surface area contributed by atoms with E-state index in [1.165, 1.54) is 18.4 Å². The van der Waals surface area contributed by atoms with Gasteiger partial charge in [-0.15, -0.1) is 0 Å². The molecule has 1 nitrogen and oxygen atoms in total. The van der Waals surface area contributed by atoms with Crippen LogP contribution in [0.15, 0.2) is 16.8 Å². The largest absolute Gasteiger partial charge is 0.314 e. The topological polar surface area (TPSA) is 12.0 Å². The number of nitrogens with one attached hydrogen (secondary N) is 1. The van der Waals surface area contributed by atoms with E-state index in [1.807, 2.05) is 0 Å². The molecule has 3 heteroatoms. The predicted molar refractivity (Wildman–Crippen MR) is 68.5 cm³/mol. The first-order chi connectivity index (χ1) is 6.86. The van der Waals surface area contributed by atoms with Gasteiger partial charge in [0.15, 0.2) is 0 Å². The lowest BCUT2D eigenvalue weighted by Gasteiger charge is -2.14. The number of hydrogen-bond donors (Lipinski definition) is 1. The van der Waals surface area contributed by atoms with Gasteiger partial charge >= 0.3 is 0 Å². The van der Waals surface area contributed by atoms with Crippen molar-refractivity contribution in [2.75, 3.05) is 11.9 Å². The van der Waals surface area contributed by atoms with Gasteiger partial charge in [0.05, 0.1) is 0 Å². The van der Waals surface area contributed by atoms with Gasteiger partial charge in [0, 0.05) is 11.4 Å². The van der Waals surface area contributed by atoms with Crippen LogP contribution in [0.25, 0.3) is 0 Å². The minimum Gasteiger partial charge on any atom is -0.314 e. The third-order valence-corrected chi connectivity index (χ3v) is 3.57. The van der Waals surface area contributed by atoms with Gasteiger partial charge in [-0.05, 0) is 48.2 Å². The van der Waals surface area contributed by atoms with E-state index >= 15 is 0 Å². The summed E-state index contributed by atoms with van der Waals surface area (Å²) in [6.45, 7) is 3.34. The molecule has 0 amide bonds. The first-order valence-electron chi connectivity index (χ1n) is 5.17. The van der Waals surface area contributed by atoms with Crippen LogP contribution >= 0.6 is 27.3 Å². The number of thiophene rings is 1. The van der Waals surface area contributed by atoms with Crippen molar-refractivity contribution in [1.82, 2.24) is 5.32 Å². The Hall–Kier alpha value is 0.140. The molecule has 1 N–H and O–H groups in total. The number of halogens is 1. The number of rotatable bonds is 7. The highest BCUT2D eigenvalue weighted by Crippen LogP contribution is 2.06. The Morgan fingerprint density at radius 3 is 3.00 bits per heavy atom. The molecule has 0 aliphatic carbocycles. The Bertz CT molecular complexity index is 223. The zero-order valence-corrected chi connectivity index (χ0v) is 11.0. The molecule has 1 heterocycles. The van der Waals surface area contributed by atoms with Crippen molar-refractivity contribution in [2.45, 2.75) is 32.2 Å². The van der Waals surface area contributed by atoms with Crippen LogP contribution in [0, 0.1) is 0 Å². The van der Waals surface area contributed by atoms with Gasteiger partial charge in [0.1, 0.15) is 0 Å². The molecule has 1 aromatic heterocycles.